The molecule has 13 heteroatoms. The van der Waals surface area contributed by atoms with Crippen molar-refractivity contribution in [3.63, 3.8) is 0 Å². The maximum Gasteiger partial charge on any atom is 0.326 e. The SMILES string of the molecule is CSCCC(NC(=O)C(NC(=O)C(N)CCC(=O)O)C(C)O)C(=O)N1CCCC1C(=O)O. The summed E-state index contributed by atoms with van der Waals surface area (Å²) in [5, 5.41) is 32.9. The molecule has 0 saturated carbocycles. The maximum atomic E-state index is 13.0. The summed E-state index contributed by atoms with van der Waals surface area (Å²) in [6.07, 6.45) is 1.07. The highest BCUT2D eigenvalue weighted by atomic mass is 32.2. The molecule has 12 nitrogen and oxygen atoms in total. The minimum atomic E-state index is -1.43. The topological polar surface area (TPSA) is 199 Å². The lowest BCUT2D eigenvalue weighted by Gasteiger charge is -2.29. The number of aliphatic carboxylic acids is 2. The van der Waals surface area contributed by atoms with Crippen molar-refractivity contribution in [2.45, 2.75) is 69.3 Å². The molecule has 0 bridgehead atoms. The molecule has 32 heavy (non-hydrogen) atoms. The Morgan fingerprint density at radius 3 is 2.31 bits per heavy atom. The molecule has 0 aliphatic carbocycles. The van der Waals surface area contributed by atoms with Crippen LogP contribution >= 0.6 is 11.8 Å². The van der Waals surface area contributed by atoms with Crippen molar-refractivity contribution < 1.29 is 39.3 Å². The Hall–Kier alpha value is -2.38. The second-order valence-electron chi connectivity index (χ2n) is 7.64. The highest BCUT2D eigenvalue weighted by Crippen LogP contribution is 2.19. The Bertz CT molecular complexity index is 705. The summed E-state index contributed by atoms with van der Waals surface area (Å²) in [7, 11) is 0. The number of aliphatic hydroxyl groups is 1. The van der Waals surface area contributed by atoms with Crippen LogP contribution in [0.3, 0.4) is 0 Å². The van der Waals surface area contributed by atoms with Crippen LogP contribution in [0.15, 0.2) is 0 Å². The number of carbonyl (C=O) groups is 5. The molecule has 0 aromatic rings. The number of carbonyl (C=O) groups excluding carboxylic acids is 3. The van der Waals surface area contributed by atoms with Crippen LogP contribution in [0.5, 0.6) is 0 Å². The van der Waals surface area contributed by atoms with Crippen LogP contribution in [-0.4, -0.2) is 98.7 Å². The van der Waals surface area contributed by atoms with Crippen LogP contribution in [0.1, 0.15) is 39.0 Å². The van der Waals surface area contributed by atoms with Crippen molar-refractivity contribution >= 4 is 41.4 Å². The molecular weight excluding hydrogens is 444 g/mol. The van der Waals surface area contributed by atoms with Crippen molar-refractivity contribution in [2.75, 3.05) is 18.6 Å². The van der Waals surface area contributed by atoms with Gasteiger partial charge in [-0.3, -0.25) is 19.2 Å². The van der Waals surface area contributed by atoms with Crippen LogP contribution in [0.4, 0.5) is 0 Å². The third-order valence-electron chi connectivity index (χ3n) is 5.11. The van der Waals surface area contributed by atoms with E-state index in [4.69, 9.17) is 10.8 Å². The van der Waals surface area contributed by atoms with E-state index in [1.165, 1.54) is 23.6 Å². The van der Waals surface area contributed by atoms with Crippen molar-refractivity contribution in [1.82, 2.24) is 15.5 Å². The largest absolute Gasteiger partial charge is 0.481 e. The molecule has 1 saturated heterocycles. The second kappa shape index (κ2) is 13.2. The Morgan fingerprint density at radius 2 is 1.78 bits per heavy atom. The summed E-state index contributed by atoms with van der Waals surface area (Å²) >= 11 is 1.44. The van der Waals surface area contributed by atoms with E-state index < -0.39 is 59.9 Å². The first-order valence-electron chi connectivity index (χ1n) is 10.3. The number of hydrogen-bond acceptors (Lipinski definition) is 8. The lowest BCUT2D eigenvalue weighted by Crippen LogP contribution is -2.59. The van der Waals surface area contributed by atoms with Crippen molar-refractivity contribution in [3.8, 4) is 0 Å². The zero-order valence-corrected chi connectivity index (χ0v) is 19.0. The Balaban J connectivity index is 2.90. The van der Waals surface area contributed by atoms with Crippen LogP contribution in [0.2, 0.25) is 0 Å². The van der Waals surface area contributed by atoms with Crippen molar-refractivity contribution in [1.29, 1.82) is 0 Å². The number of likely N-dealkylation sites (tertiary alicyclic amines) is 1. The van der Waals surface area contributed by atoms with Gasteiger partial charge in [0.05, 0.1) is 12.1 Å². The molecule has 0 aromatic heterocycles. The van der Waals surface area contributed by atoms with Crippen LogP contribution < -0.4 is 16.4 Å². The van der Waals surface area contributed by atoms with E-state index in [2.05, 4.69) is 10.6 Å². The molecular formula is C19H32N4O8S. The summed E-state index contributed by atoms with van der Waals surface area (Å²) in [6.45, 7) is 1.53. The van der Waals surface area contributed by atoms with Gasteiger partial charge in [0.1, 0.15) is 18.1 Å². The molecule has 0 aromatic carbocycles. The van der Waals surface area contributed by atoms with Crippen LogP contribution in [0.25, 0.3) is 0 Å². The predicted molar refractivity (Wildman–Crippen MR) is 116 cm³/mol. The number of carboxylic acid groups (broad SMARTS) is 2. The summed E-state index contributed by atoms with van der Waals surface area (Å²) < 4.78 is 0. The van der Waals surface area contributed by atoms with E-state index in [0.29, 0.717) is 18.6 Å². The molecule has 3 amide bonds. The van der Waals surface area contributed by atoms with E-state index in [9.17, 15) is 34.2 Å². The number of rotatable bonds is 13. The lowest BCUT2D eigenvalue weighted by atomic mass is 10.1. The quantitative estimate of drug-likeness (QED) is 0.179. The fraction of sp³-hybridized carbons (Fsp3) is 0.737. The highest BCUT2D eigenvalue weighted by molar-refractivity contribution is 7.98. The van der Waals surface area contributed by atoms with Gasteiger partial charge in [-0.05, 0) is 44.6 Å². The van der Waals surface area contributed by atoms with E-state index in [0.717, 1.165) is 0 Å². The van der Waals surface area contributed by atoms with Crippen molar-refractivity contribution in [2.24, 2.45) is 5.73 Å². The number of nitrogens with two attached hydrogens (primary N) is 1. The maximum absolute atomic E-state index is 13.0. The van der Waals surface area contributed by atoms with Crippen LogP contribution in [-0.2, 0) is 24.0 Å². The minimum absolute atomic E-state index is 0.157. The van der Waals surface area contributed by atoms with Gasteiger partial charge in [0, 0.05) is 13.0 Å². The van der Waals surface area contributed by atoms with Gasteiger partial charge >= 0.3 is 11.9 Å². The third-order valence-corrected chi connectivity index (χ3v) is 5.76. The fourth-order valence-electron chi connectivity index (χ4n) is 3.32. The normalized spacial score (nSPS) is 19.5. The van der Waals surface area contributed by atoms with E-state index in [-0.39, 0.29) is 25.8 Å². The molecule has 1 rings (SSSR count). The third kappa shape index (κ3) is 8.28. The molecule has 0 radical (unpaired) electrons. The average Bonchev–Trinajstić information content (AvgIpc) is 3.22. The Labute approximate surface area is 190 Å². The summed E-state index contributed by atoms with van der Waals surface area (Å²) in [4.78, 5) is 61.3. The molecule has 5 unspecified atom stereocenters. The first kappa shape index (κ1) is 27.7. The van der Waals surface area contributed by atoms with Gasteiger partial charge in [-0.2, -0.15) is 11.8 Å². The number of nitrogens with one attached hydrogen (secondary N) is 2. The Morgan fingerprint density at radius 1 is 1.12 bits per heavy atom. The molecule has 0 spiro atoms. The standard InChI is InChI=1S/C19H32N4O8S/c1-10(24)15(22-16(27)11(20)5-6-14(25)26)17(28)21-12(7-9-32-2)18(29)23-8-3-4-13(23)19(30)31/h10-13,15,24H,3-9,20H2,1-2H3,(H,21,28)(H,22,27)(H,25,26)(H,30,31). The number of aliphatic hydroxyl groups excluding tert-OH is 1. The molecule has 182 valence electrons. The molecule has 1 heterocycles. The van der Waals surface area contributed by atoms with Gasteiger partial charge in [0.15, 0.2) is 0 Å². The van der Waals surface area contributed by atoms with Gasteiger partial charge in [0.2, 0.25) is 17.7 Å². The predicted octanol–water partition coefficient (Wildman–Crippen LogP) is -1.64. The zero-order valence-electron chi connectivity index (χ0n) is 18.2. The van der Waals surface area contributed by atoms with Gasteiger partial charge in [-0.25, -0.2) is 4.79 Å². The number of thioether (sulfide) groups is 1. The number of hydrogen-bond donors (Lipinski definition) is 6. The second-order valence-corrected chi connectivity index (χ2v) is 8.62. The molecule has 1 aliphatic rings. The number of carboxylic acids is 2. The number of amides is 3. The fourth-order valence-corrected chi connectivity index (χ4v) is 3.79. The van der Waals surface area contributed by atoms with Crippen LogP contribution in [0, 0.1) is 0 Å². The van der Waals surface area contributed by atoms with Gasteiger partial charge < -0.3 is 36.6 Å². The van der Waals surface area contributed by atoms with Gasteiger partial charge in [0.25, 0.3) is 0 Å². The minimum Gasteiger partial charge on any atom is -0.481 e. The molecule has 5 atom stereocenters. The molecule has 1 fully saturated rings. The van der Waals surface area contributed by atoms with E-state index in [1.54, 1.807) is 0 Å². The van der Waals surface area contributed by atoms with Gasteiger partial charge in [-0.1, -0.05) is 0 Å². The number of nitrogens with zero attached hydrogens (tertiary/aromatic N) is 1. The highest BCUT2D eigenvalue weighted by Gasteiger charge is 2.38. The average molecular weight is 477 g/mol. The molecule has 7 N–H and O–H groups in total. The first-order valence-corrected chi connectivity index (χ1v) is 11.7. The monoisotopic (exact) mass is 476 g/mol. The Kier molecular flexibility index (Phi) is 11.4. The summed E-state index contributed by atoms with van der Waals surface area (Å²) in [5.41, 5.74) is 5.65. The van der Waals surface area contributed by atoms with Crippen molar-refractivity contribution in [3.05, 3.63) is 0 Å². The first-order chi connectivity index (χ1) is 15.0. The van der Waals surface area contributed by atoms with Gasteiger partial charge in [-0.15, -0.1) is 0 Å². The summed E-state index contributed by atoms with van der Waals surface area (Å²) in [5.74, 6) is -3.92. The molecule has 1 aliphatic heterocycles. The smallest absolute Gasteiger partial charge is 0.326 e. The van der Waals surface area contributed by atoms with E-state index >= 15 is 0 Å². The zero-order chi connectivity index (χ0) is 24.4. The van der Waals surface area contributed by atoms with E-state index in [1.807, 2.05) is 6.26 Å². The summed E-state index contributed by atoms with van der Waals surface area (Å²) in [6, 6.07) is -4.63. The lowest BCUT2D eigenvalue weighted by molar-refractivity contribution is -0.149.